The van der Waals surface area contributed by atoms with Gasteiger partial charge in [0.1, 0.15) is 0 Å². The van der Waals surface area contributed by atoms with E-state index in [1.807, 2.05) is 65.7 Å². The minimum absolute atomic E-state index is 0.305. The fourth-order valence-corrected chi connectivity index (χ4v) is 2.02. The Morgan fingerprint density at radius 1 is 0.905 bits per heavy atom. The second kappa shape index (κ2) is 6.05. The van der Waals surface area contributed by atoms with Crippen LogP contribution in [0.5, 0.6) is 0 Å². The standard InChI is InChI=1S/C17H14N2O2/c20-17-12-11-16(21-17)18-19(15-9-5-2-6-10-15)13-14-7-3-1-4-8-14/h1-12H,13H2/b18-16-. The van der Waals surface area contributed by atoms with Gasteiger partial charge in [0, 0.05) is 12.2 Å². The van der Waals surface area contributed by atoms with Crippen LogP contribution in [0.4, 0.5) is 5.69 Å². The minimum Gasteiger partial charge on any atom is -0.403 e. The maximum Gasteiger partial charge on any atom is 0.337 e. The van der Waals surface area contributed by atoms with Gasteiger partial charge in [-0.25, -0.2) is 4.79 Å². The summed E-state index contributed by atoms with van der Waals surface area (Å²) in [5.74, 6) is -0.0822. The largest absolute Gasteiger partial charge is 0.403 e. The summed E-state index contributed by atoms with van der Waals surface area (Å²) >= 11 is 0. The third kappa shape index (κ3) is 3.36. The van der Waals surface area contributed by atoms with Gasteiger partial charge < -0.3 is 4.74 Å². The van der Waals surface area contributed by atoms with Crippen molar-refractivity contribution < 1.29 is 9.53 Å². The fourth-order valence-electron chi connectivity index (χ4n) is 2.02. The highest BCUT2D eigenvalue weighted by atomic mass is 16.5. The van der Waals surface area contributed by atoms with E-state index in [1.54, 1.807) is 6.08 Å². The first kappa shape index (κ1) is 13.1. The van der Waals surface area contributed by atoms with Crippen molar-refractivity contribution >= 4 is 17.6 Å². The quantitative estimate of drug-likeness (QED) is 0.637. The number of esters is 1. The van der Waals surface area contributed by atoms with E-state index in [-0.39, 0.29) is 5.97 Å². The third-order valence-electron chi connectivity index (χ3n) is 3.02. The van der Waals surface area contributed by atoms with Gasteiger partial charge in [0.2, 0.25) is 5.90 Å². The summed E-state index contributed by atoms with van der Waals surface area (Å²) in [5, 5.41) is 6.22. The molecular formula is C17H14N2O2. The first-order chi connectivity index (χ1) is 10.3. The summed E-state index contributed by atoms with van der Waals surface area (Å²) in [5.41, 5.74) is 2.06. The Bertz CT molecular complexity index is 678. The maximum atomic E-state index is 11.1. The average Bonchev–Trinajstić information content (AvgIpc) is 2.94. The Kier molecular flexibility index (Phi) is 3.78. The van der Waals surface area contributed by atoms with Crippen molar-refractivity contribution in [2.45, 2.75) is 6.54 Å². The molecule has 21 heavy (non-hydrogen) atoms. The summed E-state index contributed by atoms with van der Waals surface area (Å²) in [4.78, 5) is 11.1. The molecule has 2 aromatic carbocycles. The second-order valence-electron chi connectivity index (χ2n) is 4.57. The molecule has 0 radical (unpaired) electrons. The second-order valence-corrected chi connectivity index (χ2v) is 4.57. The number of hydrogen-bond donors (Lipinski definition) is 0. The van der Waals surface area contributed by atoms with E-state index in [2.05, 4.69) is 5.10 Å². The topological polar surface area (TPSA) is 41.9 Å². The van der Waals surface area contributed by atoms with E-state index in [1.165, 1.54) is 6.08 Å². The van der Waals surface area contributed by atoms with Crippen LogP contribution >= 0.6 is 0 Å². The zero-order chi connectivity index (χ0) is 14.5. The molecule has 0 spiro atoms. The number of carbonyl (C=O) groups is 1. The number of nitrogens with zero attached hydrogens (tertiary/aromatic N) is 2. The lowest BCUT2D eigenvalue weighted by Gasteiger charge is -2.19. The van der Waals surface area contributed by atoms with Crippen LogP contribution in [0.2, 0.25) is 0 Å². The highest BCUT2D eigenvalue weighted by molar-refractivity contribution is 6.07. The lowest BCUT2D eigenvalue weighted by Crippen LogP contribution is -2.18. The van der Waals surface area contributed by atoms with Crippen LogP contribution in [0.1, 0.15) is 5.56 Å². The van der Waals surface area contributed by atoms with Crippen molar-refractivity contribution in [2.24, 2.45) is 5.10 Å². The van der Waals surface area contributed by atoms with Crippen LogP contribution in [0.3, 0.4) is 0 Å². The van der Waals surface area contributed by atoms with Gasteiger partial charge in [-0.2, -0.15) is 0 Å². The highest BCUT2D eigenvalue weighted by Gasteiger charge is 2.14. The van der Waals surface area contributed by atoms with E-state index in [4.69, 9.17) is 4.74 Å². The van der Waals surface area contributed by atoms with Gasteiger partial charge in [0.25, 0.3) is 0 Å². The lowest BCUT2D eigenvalue weighted by molar-refractivity contribution is -0.129. The number of benzene rings is 2. The van der Waals surface area contributed by atoms with Gasteiger partial charge in [0.15, 0.2) is 0 Å². The van der Waals surface area contributed by atoms with E-state index in [9.17, 15) is 4.79 Å². The molecule has 0 N–H and O–H groups in total. The number of anilines is 1. The van der Waals surface area contributed by atoms with Crippen molar-refractivity contribution in [1.29, 1.82) is 0 Å². The van der Waals surface area contributed by atoms with Gasteiger partial charge in [-0.1, -0.05) is 48.5 Å². The SMILES string of the molecule is O=C1C=C/C(=N/N(Cc2ccccc2)c2ccccc2)O1. The number of para-hydroxylation sites is 1. The Morgan fingerprint density at radius 2 is 1.57 bits per heavy atom. The predicted octanol–water partition coefficient (Wildman–Crippen LogP) is 3.12. The zero-order valence-corrected chi connectivity index (χ0v) is 11.3. The monoisotopic (exact) mass is 278 g/mol. The molecule has 0 atom stereocenters. The molecule has 0 bridgehead atoms. The molecule has 0 unspecified atom stereocenters. The summed E-state index contributed by atoms with van der Waals surface area (Å²) in [7, 11) is 0. The molecule has 1 heterocycles. The molecule has 0 saturated heterocycles. The molecule has 0 saturated carbocycles. The first-order valence-corrected chi connectivity index (χ1v) is 6.66. The van der Waals surface area contributed by atoms with Gasteiger partial charge in [-0.3, -0.25) is 5.01 Å². The molecule has 3 rings (SSSR count). The van der Waals surface area contributed by atoms with Crippen LogP contribution in [0, 0.1) is 0 Å². The molecule has 104 valence electrons. The number of hydrazone groups is 1. The number of rotatable bonds is 4. The third-order valence-corrected chi connectivity index (χ3v) is 3.02. The molecule has 0 fully saturated rings. The molecule has 0 aromatic heterocycles. The molecule has 4 nitrogen and oxygen atoms in total. The Morgan fingerprint density at radius 3 is 2.19 bits per heavy atom. The molecular weight excluding hydrogens is 264 g/mol. The van der Waals surface area contributed by atoms with Crippen molar-refractivity contribution in [3.8, 4) is 0 Å². The summed E-state index contributed by atoms with van der Waals surface area (Å²) in [6, 6.07) is 19.8. The van der Waals surface area contributed by atoms with Crippen molar-refractivity contribution in [1.82, 2.24) is 0 Å². The normalized spacial score (nSPS) is 15.2. The van der Waals surface area contributed by atoms with Crippen LogP contribution in [-0.4, -0.2) is 11.9 Å². The summed E-state index contributed by atoms with van der Waals surface area (Å²) in [6.45, 7) is 0.597. The lowest BCUT2D eigenvalue weighted by atomic mass is 10.2. The Hall–Kier alpha value is -2.88. The van der Waals surface area contributed by atoms with E-state index in [0.29, 0.717) is 12.4 Å². The number of carbonyl (C=O) groups excluding carboxylic acids is 1. The molecule has 2 aromatic rings. The van der Waals surface area contributed by atoms with E-state index < -0.39 is 0 Å². The molecule has 4 heteroatoms. The van der Waals surface area contributed by atoms with Gasteiger partial charge in [0.05, 0.1) is 12.2 Å². The minimum atomic E-state index is -0.388. The number of ether oxygens (including phenoxy) is 1. The highest BCUT2D eigenvalue weighted by Crippen LogP contribution is 2.18. The van der Waals surface area contributed by atoms with Crippen LogP contribution in [0.25, 0.3) is 0 Å². The van der Waals surface area contributed by atoms with Gasteiger partial charge in [-0.15, -0.1) is 5.10 Å². The van der Waals surface area contributed by atoms with E-state index >= 15 is 0 Å². The molecule has 1 aliphatic heterocycles. The average molecular weight is 278 g/mol. The molecule has 0 aliphatic carbocycles. The number of hydrogen-bond acceptors (Lipinski definition) is 4. The van der Waals surface area contributed by atoms with Crippen LogP contribution in [0.15, 0.2) is 77.9 Å². The van der Waals surface area contributed by atoms with Crippen LogP contribution < -0.4 is 5.01 Å². The first-order valence-electron chi connectivity index (χ1n) is 6.66. The zero-order valence-electron chi connectivity index (χ0n) is 11.3. The Balaban J connectivity index is 1.88. The van der Waals surface area contributed by atoms with Crippen LogP contribution in [-0.2, 0) is 16.1 Å². The Labute approximate surface area is 123 Å². The summed E-state index contributed by atoms with van der Waals surface area (Å²) < 4.78 is 5.01. The van der Waals surface area contributed by atoms with Crippen molar-refractivity contribution in [3.63, 3.8) is 0 Å². The van der Waals surface area contributed by atoms with Crippen molar-refractivity contribution in [2.75, 3.05) is 5.01 Å². The molecule has 0 amide bonds. The van der Waals surface area contributed by atoms with Crippen molar-refractivity contribution in [3.05, 3.63) is 78.4 Å². The van der Waals surface area contributed by atoms with Gasteiger partial charge in [-0.05, 0) is 17.7 Å². The van der Waals surface area contributed by atoms with Gasteiger partial charge >= 0.3 is 5.97 Å². The maximum absolute atomic E-state index is 11.1. The molecule has 1 aliphatic rings. The fraction of sp³-hybridized carbons (Fsp3) is 0.0588. The summed E-state index contributed by atoms with van der Waals surface area (Å²) in [6.07, 6.45) is 2.94. The smallest absolute Gasteiger partial charge is 0.337 e. The predicted molar refractivity (Wildman–Crippen MR) is 81.7 cm³/mol. The van der Waals surface area contributed by atoms with E-state index in [0.717, 1.165) is 11.3 Å². The number of cyclic esters (lactones) is 1.